The minimum absolute atomic E-state index is 0.300. The molecule has 1 rings (SSSR count). The van der Waals surface area contributed by atoms with E-state index >= 15 is 0 Å². The van der Waals surface area contributed by atoms with Crippen molar-refractivity contribution >= 4 is 73.7 Å². The molecule has 0 saturated carbocycles. The fourth-order valence-electron chi connectivity index (χ4n) is 0.775. The zero-order valence-corrected chi connectivity index (χ0v) is 13.2. The molecule has 0 saturated heterocycles. The molecule has 0 bridgehead atoms. The first-order valence-electron chi connectivity index (χ1n) is 3.50. The SMILES string of the molecule is O=C(O)COc1c(I)ccc(I)c1I. The first kappa shape index (κ1) is 12.7. The first-order valence-corrected chi connectivity index (χ1v) is 6.74. The van der Waals surface area contributed by atoms with E-state index in [0.29, 0.717) is 5.75 Å². The number of carboxylic acid groups (broad SMARTS) is 1. The van der Waals surface area contributed by atoms with E-state index in [-0.39, 0.29) is 6.61 Å². The fourth-order valence-corrected chi connectivity index (χ4v) is 2.95. The summed E-state index contributed by atoms with van der Waals surface area (Å²) in [6.45, 7) is -0.300. The second kappa shape index (κ2) is 5.68. The summed E-state index contributed by atoms with van der Waals surface area (Å²) < 4.78 is 8.13. The predicted octanol–water partition coefficient (Wildman–Crippen LogP) is 2.96. The zero-order valence-electron chi connectivity index (χ0n) is 6.76. The Hall–Kier alpha value is 0.680. The first-order chi connectivity index (χ1) is 6.52. The van der Waals surface area contributed by atoms with Crippen molar-refractivity contribution in [2.24, 2.45) is 0 Å². The monoisotopic (exact) mass is 530 g/mol. The van der Waals surface area contributed by atoms with Crippen LogP contribution in [-0.4, -0.2) is 17.7 Å². The third kappa shape index (κ3) is 3.36. The van der Waals surface area contributed by atoms with Crippen LogP contribution in [0.4, 0.5) is 0 Å². The maximum absolute atomic E-state index is 10.3. The molecule has 0 heterocycles. The summed E-state index contributed by atoms with van der Waals surface area (Å²) >= 11 is 6.46. The number of carboxylic acids is 1. The van der Waals surface area contributed by atoms with E-state index in [1.807, 2.05) is 12.1 Å². The van der Waals surface area contributed by atoms with Crippen LogP contribution < -0.4 is 4.74 Å². The molecule has 1 aromatic carbocycles. The molecule has 14 heavy (non-hydrogen) atoms. The molecule has 0 aliphatic rings. The van der Waals surface area contributed by atoms with Gasteiger partial charge >= 0.3 is 5.97 Å². The minimum atomic E-state index is -0.963. The molecule has 0 amide bonds. The van der Waals surface area contributed by atoms with Crippen LogP contribution in [0.1, 0.15) is 0 Å². The fraction of sp³-hybridized carbons (Fsp3) is 0.125. The van der Waals surface area contributed by atoms with E-state index in [4.69, 9.17) is 9.84 Å². The van der Waals surface area contributed by atoms with Gasteiger partial charge in [-0.05, 0) is 79.9 Å². The summed E-state index contributed by atoms with van der Waals surface area (Å²) in [6.07, 6.45) is 0. The number of hydrogen-bond donors (Lipinski definition) is 1. The van der Waals surface area contributed by atoms with E-state index in [0.717, 1.165) is 10.7 Å². The van der Waals surface area contributed by atoms with Crippen LogP contribution >= 0.6 is 67.8 Å². The highest BCUT2D eigenvalue weighted by Crippen LogP contribution is 2.30. The van der Waals surface area contributed by atoms with Crippen LogP contribution in [0.3, 0.4) is 0 Å². The van der Waals surface area contributed by atoms with Crippen LogP contribution in [-0.2, 0) is 4.79 Å². The lowest BCUT2D eigenvalue weighted by molar-refractivity contribution is -0.139. The molecule has 0 atom stereocenters. The normalized spacial score (nSPS) is 9.93. The molecule has 1 N–H and O–H groups in total. The van der Waals surface area contributed by atoms with E-state index < -0.39 is 5.97 Å². The van der Waals surface area contributed by atoms with Gasteiger partial charge in [-0.15, -0.1) is 0 Å². The summed E-state index contributed by atoms with van der Waals surface area (Å²) in [5, 5.41) is 8.49. The molecule has 76 valence electrons. The zero-order chi connectivity index (χ0) is 10.7. The van der Waals surface area contributed by atoms with Crippen molar-refractivity contribution in [3.63, 3.8) is 0 Å². The van der Waals surface area contributed by atoms with Gasteiger partial charge in [-0.3, -0.25) is 0 Å². The highest BCUT2D eigenvalue weighted by Gasteiger charge is 2.10. The van der Waals surface area contributed by atoms with Crippen molar-refractivity contribution in [1.29, 1.82) is 0 Å². The minimum Gasteiger partial charge on any atom is -0.480 e. The lowest BCUT2D eigenvalue weighted by atomic mass is 10.3. The average Bonchev–Trinajstić information content (AvgIpc) is 2.11. The Morgan fingerprint density at radius 1 is 1.29 bits per heavy atom. The Morgan fingerprint density at radius 3 is 2.43 bits per heavy atom. The average molecular weight is 530 g/mol. The number of halogens is 3. The summed E-state index contributed by atoms with van der Waals surface area (Å²) in [7, 11) is 0. The molecular weight excluding hydrogens is 525 g/mol. The smallest absolute Gasteiger partial charge is 0.341 e. The van der Waals surface area contributed by atoms with Gasteiger partial charge in [-0.25, -0.2) is 4.79 Å². The quantitative estimate of drug-likeness (QED) is 0.484. The summed E-state index contributed by atoms with van der Waals surface area (Å²) in [6, 6.07) is 3.87. The maximum Gasteiger partial charge on any atom is 0.341 e. The van der Waals surface area contributed by atoms with Crippen LogP contribution in [0.5, 0.6) is 5.75 Å². The van der Waals surface area contributed by atoms with Gasteiger partial charge in [0.05, 0.1) is 7.14 Å². The summed E-state index contributed by atoms with van der Waals surface area (Å²) in [4.78, 5) is 10.3. The van der Waals surface area contributed by atoms with Crippen molar-refractivity contribution in [2.75, 3.05) is 6.61 Å². The Morgan fingerprint density at radius 2 is 1.86 bits per heavy atom. The molecule has 0 unspecified atom stereocenters. The molecule has 0 radical (unpaired) electrons. The Labute approximate surface area is 122 Å². The Kier molecular flexibility index (Phi) is 5.17. The molecule has 0 aromatic heterocycles. The molecule has 0 fully saturated rings. The van der Waals surface area contributed by atoms with E-state index in [1.165, 1.54) is 0 Å². The predicted molar refractivity (Wildman–Crippen MR) is 77.7 cm³/mol. The lowest BCUT2D eigenvalue weighted by Gasteiger charge is -2.09. The van der Waals surface area contributed by atoms with Crippen molar-refractivity contribution < 1.29 is 14.6 Å². The number of hydrogen-bond acceptors (Lipinski definition) is 2. The number of carbonyl (C=O) groups is 1. The van der Waals surface area contributed by atoms with Gasteiger partial charge in [0.25, 0.3) is 0 Å². The van der Waals surface area contributed by atoms with Gasteiger partial charge in [0.15, 0.2) is 6.61 Å². The van der Waals surface area contributed by atoms with Crippen LogP contribution in [0.15, 0.2) is 12.1 Å². The van der Waals surface area contributed by atoms with Crippen molar-refractivity contribution in [3.05, 3.63) is 22.8 Å². The second-order valence-electron chi connectivity index (χ2n) is 2.35. The summed E-state index contributed by atoms with van der Waals surface area (Å²) in [5.41, 5.74) is 0. The van der Waals surface area contributed by atoms with Crippen molar-refractivity contribution in [3.8, 4) is 5.75 Å². The number of benzene rings is 1. The molecule has 0 aliphatic heterocycles. The highest BCUT2D eigenvalue weighted by atomic mass is 127. The third-order valence-electron chi connectivity index (χ3n) is 1.34. The Bertz CT molecular complexity index is 365. The van der Waals surface area contributed by atoms with Gasteiger partial charge < -0.3 is 9.84 Å². The molecular formula is C8H5I3O3. The molecule has 0 spiro atoms. The van der Waals surface area contributed by atoms with Crippen molar-refractivity contribution in [1.82, 2.24) is 0 Å². The van der Waals surface area contributed by atoms with Gasteiger partial charge in [0, 0.05) is 3.57 Å². The van der Waals surface area contributed by atoms with E-state index in [2.05, 4.69) is 67.8 Å². The number of ether oxygens (including phenoxy) is 1. The lowest BCUT2D eigenvalue weighted by Crippen LogP contribution is -2.11. The second-order valence-corrected chi connectivity index (χ2v) is 5.76. The number of rotatable bonds is 3. The van der Waals surface area contributed by atoms with E-state index in [9.17, 15) is 4.79 Å². The highest BCUT2D eigenvalue weighted by molar-refractivity contribution is 14.1. The number of aliphatic carboxylic acids is 1. The van der Waals surface area contributed by atoms with Crippen molar-refractivity contribution in [2.45, 2.75) is 0 Å². The maximum atomic E-state index is 10.3. The van der Waals surface area contributed by atoms with Crippen LogP contribution in [0.2, 0.25) is 0 Å². The summed E-state index contributed by atoms with van der Waals surface area (Å²) in [5.74, 6) is -0.309. The van der Waals surface area contributed by atoms with Gasteiger partial charge in [-0.1, -0.05) is 0 Å². The van der Waals surface area contributed by atoms with Gasteiger partial charge in [-0.2, -0.15) is 0 Å². The Balaban J connectivity index is 2.95. The topological polar surface area (TPSA) is 46.5 Å². The molecule has 0 aliphatic carbocycles. The third-order valence-corrected chi connectivity index (χ3v) is 5.19. The van der Waals surface area contributed by atoms with Crippen LogP contribution in [0, 0.1) is 10.7 Å². The van der Waals surface area contributed by atoms with Gasteiger partial charge in [0.1, 0.15) is 5.75 Å². The molecule has 1 aromatic rings. The standard InChI is InChI=1S/C8H5I3O3/c9-4-1-2-5(10)8(7(4)11)14-3-6(12)13/h1-2H,3H2,(H,12,13). The van der Waals surface area contributed by atoms with Gasteiger partial charge in [0.2, 0.25) is 0 Å². The molecule has 6 heteroatoms. The molecule has 3 nitrogen and oxygen atoms in total. The van der Waals surface area contributed by atoms with E-state index in [1.54, 1.807) is 0 Å². The largest absolute Gasteiger partial charge is 0.480 e. The van der Waals surface area contributed by atoms with Crippen LogP contribution in [0.25, 0.3) is 0 Å².